The number of carbonyl (C=O) groups is 2. The Labute approximate surface area is 214 Å². The lowest BCUT2D eigenvalue weighted by Crippen LogP contribution is -2.27. The maximum Gasteiger partial charge on any atom is 0.270 e. The van der Waals surface area contributed by atoms with Crippen LogP contribution in [0.4, 0.5) is 15.8 Å². The van der Waals surface area contributed by atoms with Gasteiger partial charge >= 0.3 is 0 Å². The zero-order valence-electron chi connectivity index (χ0n) is 17.9. The molecule has 1 N–H and O–H groups in total. The third kappa shape index (κ3) is 5.38. The van der Waals surface area contributed by atoms with Gasteiger partial charge in [0.05, 0.1) is 21.7 Å². The van der Waals surface area contributed by atoms with Crippen molar-refractivity contribution in [3.63, 3.8) is 0 Å². The number of hydrogen-bond donors (Lipinski definition) is 1. The molecule has 0 aromatic heterocycles. The van der Waals surface area contributed by atoms with E-state index in [1.165, 1.54) is 40.9 Å². The van der Waals surface area contributed by atoms with Crippen LogP contribution in [0.15, 0.2) is 76.1 Å². The first kappa shape index (κ1) is 24.1. The molecule has 0 spiro atoms. The van der Waals surface area contributed by atoms with Crippen LogP contribution in [0.2, 0.25) is 0 Å². The van der Waals surface area contributed by atoms with E-state index in [0.717, 1.165) is 15.8 Å². The van der Waals surface area contributed by atoms with Crippen LogP contribution in [0, 0.1) is 5.82 Å². The number of thioether (sulfide) groups is 1. The van der Waals surface area contributed by atoms with E-state index in [-0.39, 0.29) is 17.6 Å². The highest BCUT2D eigenvalue weighted by molar-refractivity contribution is 9.10. The number of ether oxygens (including phenoxy) is 1. The van der Waals surface area contributed by atoms with Crippen molar-refractivity contribution < 1.29 is 18.7 Å². The Bertz CT molecular complexity index is 1310. The molecule has 1 heterocycles. The molecule has 9 heteroatoms. The van der Waals surface area contributed by atoms with Gasteiger partial charge in [-0.1, -0.05) is 36.1 Å². The number of carbonyl (C=O) groups excluding carboxylic acids is 2. The van der Waals surface area contributed by atoms with Gasteiger partial charge in [0, 0.05) is 11.3 Å². The summed E-state index contributed by atoms with van der Waals surface area (Å²) in [6, 6.07) is 17.7. The molecule has 34 heavy (non-hydrogen) atoms. The highest BCUT2D eigenvalue weighted by Gasteiger charge is 2.33. The van der Waals surface area contributed by atoms with Crippen molar-refractivity contribution in [2.75, 3.05) is 16.8 Å². The fourth-order valence-corrected chi connectivity index (χ4v) is 5.05. The molecule has 0 bridgehead atoms. The largest absolute Gasteiger partial charge is 0.493 e. The Hall–Kier alpha value is -3.01. The van der Waals surface area contributed by atoms with E-state index in [1.54, 1.807) is 30.3 Å². The predicted octanol–water partition coefficient (Wildman–Crippen LogP) is 6.65. The van der Waals surface area contributed by atoms with Crippen molar-refractivity contribution in [2.24, 2.45) is 0 Å². The third-order valence-electron chi connectivity index (χ3n) is 4.82. The normalized spacial score (nSPS) is 14.6. The standard InChI is InChI=1S/C25H18BrFN2O3S2/c1-2-32-21-11-6-15(12-20(21)26)13-22-24(31)29(25(33)34-22)19-5-3-4-16(14-19)23(30)28-18-9-7-17(27)8-10-18/h3-14H,2H2,1H3,(H,28,30)/b22-13+. The number of thiocarbonyl (C=S) groups is 1. The average molecular weight is 557 g/mol. The van der Waals surface area contributed by atoms with Crippen LogP contribution in [0.1, 0.15) is 22.8 Å². The lowest BCUT2D eigenvalue weighted by Gasteiger charge is -2.15. The molecule has 5 nitrogen and oxygen atoms in total. The minimum atomic E-state index is -0.389. The quantitative estimate of drug-likeness (QED) is 0.272. The number of hydrogen-bond acceptors (Lipinski definition) is 5. The molecule has 0 radical (unpaired) electrons. The molecule has 172 valence electrons. The van der Waals surface area contributed by atoms with Crippen LogP contribution in [0.25, 0.3) is 6.08 Å². The van der Waals surface area contributed by atoms with Crippen molar-refractivity contribution in [1.29, 1.82) is 0 Å². The van der Waals surface area contributed by atoms with Crippen LogP contribution in [-0.2, 0) is 4.79 Å². The van der Waals surface area contributed by atoms with Crippen LogP contribution in [0.5, 0.6) is 5.75 Å². The summed E-state index contributed by atoms with van der Waals surface area (Å²) in [5.74, 6) is -0.312. The second-order valence-electron chi connectivity index (χ2n) is 7.15. The number of benzene rings is 3. The fourth-order valence-electron chi connectivity index (χ4n) is 3.24. The molecular weight excluding hydrogens is 539 g/mol. The summed E-state index contributed by atoms with van der Waals surface area (Å²) in [6.45, 7) is 2.46. The molecule has 0 atom stereocenters. The number of nitrogens with zero attached hydrogens (tertiary/aromatic N) is 1. The lowest BCUT2D eigenvalue weighted by molar-refractivity contribution is -0.113. The van der Waals surface area contributed by atoms with Crippen molar-refractivity contribution in [1.82, 2.24) is 0 Å². The van der Waals surface area contributed by atoms with Crippen LogP contribution in [-0.4, -0.2) is 22.7 Å². The van der Waals surface area contributed by atoms with Gasteiger partial charge < -0.3 is 10.1 Å². The lowest BCUT2D eigenvalue weighted by atomic mass is 10.1. The van der Waals surface area contributed by atoms with Gasteiger partial charge in [0.2, 0.25) is 0 Å². The Kier molecular flexibility index (Phi) is 7.45. The fraction of sp³-hybridized carbons (Fsp3) is 0.0800. The van der Waals surface area contributed by atoms with Gasteiger partial charge in [-0.25, -0.2) is 4.39 Å². The van der Waals surface area contributed by atoms with Gasteiger partial charge in [-0.2, -0.15) is 0 Å². The van der Waals surface area contributed by atoms with Crippen LogP contribution in [0.3, 0.4) is 0 Å². The SMILES string of the molecule is CCOc1ccc(/C=C2/SC(=S)N(c3cccc(C(=O)Nc4ccc(F)cc4)c3)C2=O)cc1Br. The molecule has 0 aliphatic carbocycles. The predicted molar refractivity (Wildman–Crippen MR) is 142 cm³/mol. The first-order chi connectivity index (χ1) is 16.4. The summed E-state index contributed by atoms with van der Waals surface area (Å²) in [5, 5.41) is 2.71. The first-order valence-corrected chi connectivity index (χ1v) is 12.2. The van der Waals surface area contributed by atoms with Crippen LogP contribution >= 0.6 is 39.9 Å². The molecule has 1 fully saturated rings. The molecule has 3 aromatic carbocycles. The number of anilines is 2. The number of amides is 2. The van der Waals surface area contributed by atoms with Gasteiger partial charge in [0.25, 0.3) is 11.8 Å². The maximum atomic E-state index is 13.2. The zero-order chi connectivity index (χ0) is 24.2. The molecule has 0 unspecified atom stereocenters. The van der Waals surface area contributed by atoms with E-state index in [2.05, 4.69) is 21.2 Å². The highest BCUT2D eigenvalue weighted by Crippen LogP contribution is 2.37. The second kappa shape index (κ2) is 10.5. The van der Waals surface area contributed by atoms with Gasteiger partial charge in [-0.3, -0.25) is 14.5 Å². The van der Waals surface area contributed by atoms with Crippen LogP contribution < -0.4 is 15.0 Å². The molecule has 0 saturated carbocycles. The summed E-state index contributed by atoms with van der Waals surface area (Å²) >= 11 is 10.1. The Morgan fingerprint density at radius 3 is 2.65 bits per heavy atom. The second-order valence-corrected chi connectivity index (χ2v) is 9.68. The highest BCUT2D eigenvalue weighted by atomic mass is 79.9. The molecule has 3 aromatic rings. The van der Waals surface area contributed by atoms with E-state index < -0.39 is 0 Å². The maximum absolute atomic E-state index is 13.2. The number of rotatable bonds is 6. The van der Waals surface area contributed by atoms with Gasteiger partial charge in [-0.05, 0) is 89.1 Å². The Morgan fingerprint density at radius 1 is 1.18 bits per heavy atom. The van der Waals surface area contributed by atoms with E-state index >= 15 is 0 Å². The topological polar surface area (TPSA) is 58.6 Å². The first-order valence-electron chi connectivity index (χ1n) is 10.2. The van der Waals surface area contributed by atoms with Crippen molar-refractivity contribution in [3.05, 3.63) is 93.1 Å². The Morgan fingerprint density at radius 2 is 1.94 bits per heavy atom. The smallest absolute Gasteiger partial charge is 0.270 e. The summed E-state index contributed by atoms with van der Waals surface area (Å²) in [6.07, 6.45) is 1.77. The summed E-state index contributed by atoms with van der Waals surface area (Å²) < 4.78 is 19.8. The van der Waals surface area contributed by atoms with E-state index in [9.17, 15) is 14.0 Å². The van der Waals surface area contributed by atoms with Crippen molar-refractivity contribution in [2.45, 2.75) is 6.92 Å². The minimum Gasteiger partial charge on any atom is -0.493 e. The number of nitrogens with one attached hydrogen (secondary N) is 1. The van der Waals surface area contributed by atoms with Gasteiger partial charge in [-0.15, -0.1) is 0 Å². The van der Waals surface area contributed by atoms with E-state index in [4.69, 9.17) is 17.0 Å². The van der Waals surface area contributed by atoms with Gasteiger partial charge in [0.15, 0.2) is 4.32 Å². The van der Waals surface area contributed by atoms with E-state index in [1.807, 2.05) is 25.1 Å². The third-order valence-corrected chi connectivity index (χ3v) is 6.74. The van der Waals surface area contributed by atoms with Gasteiger partial charge in [0.1, 0.15) is 11.6 Å². The van der Waals surface area contributed by atoms with Crippen molar-refractivity contribution >= 4 is 73.5 Å². The van der Waals surface area contributed by atoms with E-state index in [0.29, 0.717) is 32.8 Å². The molecule has 4 rings (SSSR count). The zero-order valence-corrected chi connectivity index (χ0v) is 21.1. The number of halogens is 2. The van der Waals surface area contributed by atoms with Crippen molar-refractivity contribution in [3.8, 4) is 5.75 Å². The minimum absolute atomic E-state index is 0.268. The summed E-state index contributed by atoms with van der Waals surface area (Å²) in [5.41, 5.74) is 2.12. The molecule has 1 aliphatic heterocycles. The summed E-state index contributed by atoms with van der Waals surface area (Å²) in [7, 11) is 0. The molecular formula is C25H18BrFN2O3S2. The molecule has 1 saturated heterocycles. The Balaban J connectivity index is 1.54. The summed E-state index contributed by atoms with van der Waals surface area (Å²) in [4.78, 5) is 27.7. The average Bonchev–Trinajstić information content (AvgIpc) is 3.10. The molecule has 2 amide bonds. The monoisotopic (exact) mass is 556 g/mol. The molecule has 1 aliphatic rings.